The van der Waals surface area contributed by atoms with Crippen molar-refractivity contribution >= 4 is 27.3 Å². The predicted octanol–water partition coefficient (Wildman–Crippen LogP) is 3.60. The Balaban J connectivity index is 3.16. The summed E-state index contributed by atoms with van der Waals surface area (Å²) in [5, 5.41) is 12.4. The van der Waals surface area contributed by atoms with Gasteiger partial charge in [0.1, 0.15) is 0 Å². The Labute approximate surface area is 131 Å². The summed E-state index contributed by atoms with van der Waals surface area (Å²) in [6.45, 7) is 13.3. The molecule has 4 heteroatoms. The molecule has 1 rings (SSSR count). The van der Waals surface area contributed by atoms with E-state index in [4.69, 9.17) is 0 Å². The summed E-state index contributed by atoms with van der Waals surface area (Å²) in [7, 11) is 0. The predicted molar refractivity (Wildman–Crippen MR) is 90.6 cm³/mol. The molecule has 1 N–H and O–H groups in total. The van der Waals surface area contributed by atoms with Crippen LogP contribution in [0.5, 0.6) is 0 Å². The van der Waals surface area contributed by atoms with Gasteiger partial charge in [-0.3, -0.25) is 0 Å². The monoisotopic (exact) mass is 342 g/mol. The van der Waals surface area contributed by atoms with Gasteiger partial charge in [0.05, 0.1) is 12.2 Å². The number of hydrogen-bond acceptors (Lipinski definition) is 2. The average Bonchev–Trinajstić information content (AvgIpc) is 2.35. The van der Waals surface area contributed by atoms with E-state index in [1.54, 1.807) is 0 Å². The van der Waals surface area contributed by atoms with E-state index >= 15 is 0 Å². The van der Waals surface area contributed by atoms with Crippen LogP contribution in [0.1, 0.15) is 34.6 Å². The molecule has 1 aromatic rings. The Morgan fingerprint density at radius 1 is 1.15 bits per heavy atom. The Kier molecular flexibility index (Phi) is 7.00. The summed E-state index contributed by atoms with van der Waals surface area (Å²) in [6, 6.07) is 6.04. The number of rotatable bonds is 7. The maximum Gasteiger partial charge on any atom is 0.155 e. The molecule has 1 aromatic carbocycles. The van der Waals surface area contributed by atoms with Gasteiger partial charge in [0.25, 0.3) is 0 Å². The second-order valence-electron chi connectivity index (χ2n) is 6.13. The van der Waals surface area contributed by atoms with Gasteiger partial charge < -0.3 is 15.2 Å². The van der Waals surface area contributed by atoms with Gasteiger partial charge >= 0.3 is 0 Å². The van der Waals surface area contributed by atoms with Gasteiger partial charge in [-0.2, -0.15) is 0 Å². The van der Waals surface area contributed by atoms with Gasteiger partial charge in [0.2, 0.25) is 0 Å². The van der Waals surface area contributed by atoms with Crippen LogP contribution < -0.4 is 9.96 Å². The third-order valence-electron chi connectivity index (χ3n) is 3.09. The van der Waals surface area contributed by atoms with E-state index in [9.17, 15) is 5.21 Å². The highest BCUT2D eigenvalue weighted by Crippen LogP contribution is 2.28. The molecule has 0 aromatic heterocycles. The lowest BCUT2D eigenvalue weighted by atomic mass is 10.1. The van der Waals surface area contributed by atoms with Crippen molar-refractivity contribution in [3.63, 3.8) is 0 Å². The first kappa shape index (κ1) is 17.5. The van der Waals surface area contributed by atoms with Crippen molar-refractivity contribution in [2.24, 2.45) is 11.8 Å². The molecule has 0 heterocycles. The van der Waals surface area contributed by atoms with Crippen LogP contribution in [0.25, 0.3) is 0 Å². The molecule has 0 spiro atoms. The molecule has 0 aliphatic heterocycles. The highest BCUT2D eigenvalue weighted by atomic mass is 79.9. The molecule has 0 saturated carbocycles. The maximum absolute atomic E-state index is 12.2. The summed E-state index contributed by atoms with van der Waals surface area (Å²) < 4.78 is 0.965. The number of quaternary nitrogens is 1. The van der Waals surface area contributed by atoms with E-state index in [0.717, 1.165) is 28.9 Å². The molecule has 0 aliphatic carbocycles. The van der Waals surface area contributed by atoms with Crippen LogP contribution in [0.2, 0.25) is 0 Å². The minimum atomic E-state index is 0.207. The lowest BCUT2D eigenvalue weighted by molar-refractivity contribution is -0.773. The summed E-state index contributed by atoms with van der Waals surface area (Å²) in [5.74, 6) is 1.14. The van der Waals surface area contributed by atoms with Crippen molar-refractivity contribution in [2.75, 3.05) is 24.5 Å². The van der Waals surface area contributed by atoms with Crippen LogP contribution in [-0.2, 0) is 0 Å². The first-order chi connectivity index (χ1) is 9.35. The van der Waals surface area contributed by atoms with Crippen molar-refractivity contribution in [1.82, 2.24) is 0 Å². The molecule has 1 unspecified atom stereocenters. The Bertz CT molecular complexity index is 411. The number of nitrogens with one attached hydrogen (secondary N) is 1. The van der Waals surface area contributed by atoms with E-state index in [-0.39, 0.29) is 5.06 Å². The van der Waals surface area contributed by atoms with Crippen molar-refractivity contribution in [2.45, 2.75) is 34.6 Å². The zero-order chi connectivity index (χ0) is 15.3. The third kappa shape index (κ3) is 5.08. The van der Waals surface area contributed by atoms with Crippen molar-refractivity contribution < 1.29 is 5.06 Å². The minimum absolute atomic E-state index is 0.207. The van der Waals surface area contributed by atoms with Crippen LogP contribution in [0.4, 0.5) is 11.4 Å². The molecule has 3 nitrogen and oxygen atoms in total. The molecular formula is C16H27BrN2O. The zero-order valence-electron chi connectivity index (χ0n) is 13.2. The van der Waals surface area contributed by atoms with Gasteiger partial charge in [-0.05, 0) is 30.9 Å². The lowest BCUT2D eigenvalue weighted by Crippen LogP contribution is -3.01. The zero-order valence-corrected chi connectivity index (χ0v) is 14.8. The SMILES string of the molecule is CC[NH+]([O-])c1cc(Br)ccc1N(CC(C)C)CC(C)C. The van der Waals surface area contributed by atoms with Gasteiger partial charge in [-0.15, -0.1) is 0 Å². The first-order valence-electron chi connectivity index (χ1n) is 7.42. The van der Waals surface area contributed by atoms with Gasteiger partial charge in [-0.25, -0.2) is 0 Å². The summed E-state index contributed by atoms with van der Waals surface area (Å²) >= 11 is 3.47. The summed E-state index contributed by atoms with van der Waals surface area (Å²) in [5.41, 5.74) is 1.91. The molecule has 0 radical (unpaired) electrons. The van der Waals surface area contributed by atoms with E-state index in [2.05, 4.69) is 54.6 Å². The fraction of sp³-hybridized carbons (Fsp3) is 0.625. The first-order valence-corrected chi connectivity index (χ1v) is 8.22. The molecule has 0 fully saturated rings. The topological polar surface area (TPSA) is 30.7 Å². The van der Waals surface area contributed by atoms with Crippen LogP contribution in [0, 0.1) is 17.0 Å². The molecule has 0 aliphatic rings. The Morgan fingerprint density at radius 3 is 2.15 bits per heavy atom. The number of anilines is 1. The van der Waals surface area contributed by atoms with Gasteiger partial charge in [0, 0.05) is 23.6 Å². The largest absolute Gasteiger partial charge is 0.629 e. The lowest BCUT2D eigenvalue weighted by Gasteiger charge is -2.32. The molecule has 0 bridgehead atoms. The fourth-order valence-corrected chi connectivity index (χ4v) is 2.71. The van der Waals surface area contributed by atoms with Crippen molar-refractivity contribution in [1.29, 1.82) is 0 Å². The van der Waals surface area contributed by atoms with E-state index in [0.29, 0.717) is 18.4 Å². The van der Waals surface area contributed by atoms with Gasteiger partial charge in [0.15, 0.2) is 5.69 Å². The number of halogens is 1. The van der Waals surface area contributed by atoms with Crippen LogP contribution in [0.15, 0.2) is 22.7 Å². The summed E-state index contributed by atoms with van der Waals surface area (Å²) in [6.07, 6.45) is 0. The third-order valence-corrected chi connectivity index (χ3v) is 3.59. The van der Waals surface area contributed by atoms with Crippen molar-refractivity contribution in [3.05, 3.63) is 27.9 Å². The molecule has 0 saturated heterocycles. The Hall–Kier alpha value is -0.580. The number of benzene rings is 1. The van der Waals surface area contributed by atoms with E-state index in [1.807, 2.05) is 19.1 Å². The molecule has 0 amide bonds. The molecule has 114 valence electrons. The highest BCUT2D eigenvalue weighted by Gasteiger charge is 2.18. The summed E-state index contributed by atoms with van der Waals surface area (Å²) in [4.78, 5) is 2.35. The van der Waals surface area contributed by atoms with Crippen LogP contribution in [0.3, 0.4) is 0 Å². The number of hydrogen-bond donors (Lipinski definition) is 1. The fourth-order valence-electron chi connectivity index (χ4n) is 2.35. The van der Waals surface area contributed by atoms with Crippen LogP contribution in [-0.4, -0.2) is 19.6 Å². The van der Waals surface area contributed by atoms with Crippen LogP contribution >= 0.6 is 15.9 Å². The quantitative estimate of drug-likeness (QED) is 0.767. The van der Waals surface area contributed by atoms with Crippen molar-refractivity contribution in [3.8, 4) is 0 Å². The standard InChI is InChI=1S/C16H27BrN2O/c1-6-19(20)16-9-14(17)7-8-15(16)18(10-12(2)3)11-13(4)5/h7-9,12-13,19H,6,10-11H2,1-5H3. The number of hydroxylamine groups is 1. The molecule has 20 heavy (non-hydrogen) atoms. The molecule has 1 atom stereocenters. The van der Waals surface area contributed by atoms with E-state index < -0.39 is 0 Å². The highest BCUT2D eigenvalue weighted by molar-refractivity contribution is 9.10. The normalized spacial score (nSPS) is 13.1. The average molecular weight is 343 g/mol. The maximum atomic E-state index is 12.2. The molecular weight excluding hydrogens is 316 g/mol. The minimum Gasteiger partial charge on any atom is -0.629 e. The Morgan fingerprint density at radius 2 is 1.70 bits per heavy atom. The number of nitrogens with zero attached hydrogens (tertiary/aromatic N) is 1. The second-order valence-corrected chi connectivity index (χ2v) is 7.05. The smallest absolute Gasteiger partial charge is 0.155 e. The van der Waals surface area contributed by atoms with Gasteiger partial charge in [-0.1, -0.05) is 43.6 Å². The van der Waals surface area contributed by atoms with E-state index in [1.165, 1.54) is 0 Å². The second kappa shape index (κ2) is 8.01.